The van der Waals surface area contributed by atoms with Crippen LogP contribution in [0.5, 0.6) is 0 Å². The van der Waals surface area contributed by atoms with Crippen molar-refractivity contribution >= 4 is 34.3 Å². The number of aromatic nitrogens is 1. The molecule has 2 nitrogen and oxygen atoms in total. The fourth-order valence-electron chi connectivity index (χ4n) is 2.28. The summed E-state index contributed by atoms with van der Waals surface area (Å²) in [6, 6.07) is 12.6. The molecule has 0 aliphatic heterocycles. The van der Waals surface area contributed by atoms with Gasteiger partial charge in [-0.3, -0.25) is 0 Å². The lowest BCUT2D eigenvalue weighted by molar-refractivity contribution is 1.32. The lowest BCUT2D eigenvalue weighted by Gasteiger charge is -2.03. The molecule has 0 unspecified atom stereocenters. The van der Waals surface area contributed by atoms with E-state index < -0.39 is 0 Å². The molecule has 0 spiro atoms. The maximum Gasteiger partial charge on any atom is 0.134 e. The minimum atomic E-state index is 0.614. The zero-order valence-electron chi connectivity index (χ0n) is 12.3. The molecule has 0 N–H and O–H groups in total. The van der Waals surface area contributed by atoms with Gasteiger partial charge in [0, 0.05) is 15.8 Å². The zero-order valence-corrected chi connectivity index (χ0v) is 14.0. The van der Waals surface area contributed by atoms with Gasteiger partial charge in [-0.05, 0) is 36.9 Å². The number of allylic oxidation sites excluding steroid dienone is 1. The maximum absolute atomic E-state index is 9.40. The van der Waals surface area contributed by atoms with Gasteiger partial charge in [0.05, 0.1) is 11.3 Å². The summed E-state index contributed by atoms with van der Waals surface area (Å²) < 4.78 is 0. The first-order valence-electron chi connectivity index (χ1n) is 6.86. The lowest BCUT2D eigenvalue weighted by atomic mass is 10.0. The molecule has 0 fully saturated rings. The predicted molar refractivity (Wildman–Crippen MR) is 94.8 cm³/mol. The van der Waals surface area contributed by atoms with E-state index in [0.717, 1.165) is 21.1 Å². The van der Waals surface area contributed by atoms with Crippen molar-refractivity contribution in [2.24, 2.45) is 0 Å². The van der Waals surface area contributed by atoms with Crippen LogP contribution in [0.3, 0.4) is 0 Å². The topological polar surface area (TPSA) is 36.7 Å². The van der Waals surface area contributed by atoms with Crippen LogP contribution >= 0.6 is 22.7 Å². The van der Waals surface area contributed by atoms with Crippen molar-refractivity contribution in [2.45, 2.75) is 13.8 Å². The average Bonchev–Trinajstić information content (AvgIpc) is 3.16. The molecule has 3 rings (SSSR count). The number of nitrogens with zero attached hydrogens (tertiary/aromatic N) is 2. The van der Waals surface area contributed by atoms with Crippen LogP contribution in [0.15, 0.2) is 41.1 Å². The number of rotatable bonds is 3. The van der Waals surface area contributed by atoms with E-state index in [4.69, 9.17) is 0 Å². The molecule has 1 aromatic carbocycles. The first kappa shape index (κ1) is 14.7. The number of hydrogen-bond donors (Lipinski definition) is 0. The molecule has 22 heavy (non-hydrogen) atoms. The fraction of sp³-hybridized carbons (Fsp3) is 0.111. The molecule has 0 aliphatic rings. The highest BCUT2D eigenvalue weighted by Crippen LogP contribution is 2.29. The molecule has 0 atom stereocenters. The predicted octanol–water partition coefficient (Wildman–Crippen LogP) is 5.55. The lowest BCUT2D eigenvalue weighted by Crippen LogP contribution is -1.86. The fourth-order valence-corrected chi connectivity index (χ4v) is 3.72. The van der Waals surface area contributed by atoms with Crippen LogP contribution in [-0.4, -0.2) is 4.98 Å². The Bertz CT molecular complexity index is 865. The average molecular weight is 322 g/mol. The van der Waals surface area contributed by atoms with Crippen molar-refractivity contribution in [3.8, 4) is 17.3 Å². The number of thiazole rings is 1. The van der Waals surface area contributed by atoms with Gasteiger partial charge >= 0.3 is 0 Å². The summed E-state index contributed by atoms with van der Waals surface area (Å²) in [5.41, 5.74) is 5.12. The highest BCUT2D eigenvalue weighted by molar-refractivity contribution is 7.12. The Kier molecular flexibility index (Phi) is 4.19. The summed E-state index contributed by atoms with van der Waals surface area (Å²) >= 11 is 3.13. The highest BCUT2D eigenvalue weighted by Gasteiger charge is 2.11. The number of benzene rings is 1. The minimum absolute atomic E-state index is 0.614. The Morgan fingerprint density at radius 1 is 1.23 bits per heavy atom. The molecule has 4 heteroatoms. The molecule has 0 saturated carbocycles. The summed E-state index contributed by atoms with van der Waals surface area (Å²) in [5.74, 6) is 0. The third-order valence-electron chi connectivity index (χ3n) is 3.34. The Morgan fingerprint density at radius 3 is 2.77 bits per heavy atom. The standard InChI is InChI=1S/C18H14N2S2/c1-12-5-6-16(13(2)8-12)17-11-22-18(20-17)14(10-19)9-15-4-3-7-21-15/h3-9,11H,1-2H3/b14-9+. The third-order valence-corrected chi connectivity index (χ3v) is 5.04. The van der Waals surface area contributed by atoms with E-state index in [9.17, 15) is 5.26 Å². The molecular formula is C18H14N2S2. The number of thiophene rings is 1. The van der Waals surface area contributed by atoms with Crippen molar-refractivity contribution < 1.29 is 0 Å². The number of hydrogen-bond acceptors (Lipinski definition) is 4. The second kappa shape index (κ2) is 6.27. The van der Waals surface area contributed by atoms with Crippen LogP contribution in [0.2, 0.25) is 0 Å². The van der Waals surface area contributed by atoms with E-state index in [1.807, 2.05) is 29.0 Å². The van der Waals surface area contributed by atoms with Crippen molar-refractivity contribution in [1.29, 1.82) is 5.26 Å². The van der Waals surface area contributed by atoms with E-state index in [1.165, 1.54) is 22.5 Å². The molecule has 108 valence electrons. The minimum Gasteiger partial charge on any atom is -0.235 e. The largest absolute Gasteiger partial charge is 0.235 e. The molecule has 0 amide bonds. The quantitative estimate of drug-likeness (QED) is 0.592. The Hall–Kier alpha value is -2.22. The van der Waals surface area contributed by atoms with Gasteiger partial charge in [-0.1, -0.05) is 29.8 Å². The number of aryl methyl sites for hydroxylation is 2. The molecule has 2 aromatic heterocycles. The van der Waals surface area contributed by atoms with Crippen molar-refractivity contribution in [3.63, 3.8) is 0 Å². The zero-order chi connectivity index (χ0) is 15.5. The van der Waals surface area contributed by atoms with Gasteiger partial charge in [0.25, 0.3) is 0 Å². The summed E-state index contributed by atoms with van der Waals surface area (Å²) in [6.45, 7) is 4.18. The second-order valence-corrected chi connectivity index (χ2v) is 6.88. The van der Waals surface area contributed by atoms with Crippen molar-refractivity contribution in [2.75, 3.05) is 0 Å². The summed E-state index contributed by atoms with van der Waals surface area (Å²) in [7, 11) is 0. The normalized spacial score (nSPS) is 11.4. The van der Waals surface area contributed by atoms with Gasteiger partial charge in [-0.25, -0.2) is 4.98 Å². The van der Waals surface area contributed by atoms with E-state index in [0.29, 0.717) is 5.57 Å². The van der Waals surface area contributed by atoms with Gasteiger partial charge < -0.3 is 0 Å². The van der Waals surface area contributed by atoms with Crippen LogP contribution in [0, 0.1) is 25.2 Å². The highest BCUT2D eigenvalue weighted by atomic mass is 32.1. The first-order valence-corrected chi connectivity index (χ1v) is 8.62. The summed E-state index contributed by atoms with van der Waals surface area (Å²) in [5, 5.41) is 14.2. The second-order valence-electron chi connectivity index (χ2n) is 5.04. The van der Waals surface area contributed by atoms with E-state index in [1.54, 1.807) is 11.3 Å². The Morgan fingerprint density at radius 2 is 2.09 bits per heavy atom. The van der Waals surface area contributed by atoms with Gasteiger partial charge in [0.15, 0.2) is 0 Å². The van der Waals surface area contributed by atoms with Crippen LogP contribution < -0.4 is 0 Å². The van der Waals surface area contributed by atoms with Gasteiger partial charge in [0.2, 0.25) is 0 Å². The van der Waals surface area contributed by atoms with Gasteiger partial charge in [0.1, 0.15) is 11.1 Å². The molecule has 2 heterocycles. The maximum atomic E-state index is 9.40. The van der Waals surface area contributed by atoms with E-state index in [2.05, 4.69) is 43.1 Å². The molecule has 3 aromatic rings. The summed E-state index contributed by atoms with van der Waals surface area (Å²) in [4.78, 5) is 5.72. The van der Waals surface area contributed by atoms with Crippen molar-refractivity contribution in [1.82, 2.24) is 4.98 Å². The Labute approximate surface area is 138 Å². The molecule has 0 bridgehead atoms. The van der Waals surface area contributed by atoms with E-state index >= 15 is 0 Å². The monoisotopic (exact) mass is 322 g/mol. The van der Waals surface area contributed by atoms with E-state index in [-0.39, 0.29) is 0 Å². The number of nitriles is 1. The first-order chi connectivity index (χ1) is 10.7. The summed E-state index contributed by atoms with van der Waals surface area (Å²) in [6.07, 6.45) is 1.90. The molecule has 0 aliphatic carbocycles. The van der Waals surface area contributed by atoms with Gasteiger partial charge in [-0.15, -0.1) is 22.7 Å². The van der Waals surface area contributed by atoms with Crippen LogP contribution in [0.1, 0.15) is 21.0 Å². The van der Waals surface area contributed by atoms with Crippen LogP contribution in [0.4, 0.5) is 0 Å². The smallest absolute Gasteiger partial charge is 0.134 e. The van der Waals surface area contributed by atoms with Crippen LogP contribution in [-0.2, 0) is 0 Å². The van der Waals surface area contributed by atoms with Crippen molar-refractivity contribution in [3.05, 3.63) is 62.1 Å². The SMILES string of the molecule is Cc1ccc(-c2csc(/C(C#N)=C/c3cccs3)n2)c(C)c1. The molecule has 0 radical (unpaired) electrons. The third kappa shape index (κ3) is 3.01. The Balaban J connectivity index is 1.98. The molecule has 0 saturated heterocycles. The molecular weight excluding hydrogens is 308 g/mol. The van der Waals surface area contributed by atoms with Gasteiger partial charge in [-0.2, -0.15) is 5.26 Å². The van der Waals surface area contributed by atoms with Crippen LogP contribution in [0.25, 0.3) is 22.9 Å².